The van der Waals surface area contributed by atoms with Crippen LogP contribution < -0.4 is 16.4 Å². The molecule has 1 rings (SSSR count). The molecule has 0 aliphatic carbocycles. The molecule has 0 radical (unpaired) electrons. The van der Waals surface area contributed by atoms with Gasteiger partial charge in [-0.2, -0.15) is 17.0 Å². The SMILES string of the molecule is Cc1[nH]cnc1CSCCNC(=NCC(C)(C)CN)NC#N. The second-order valence-electron chi connectivity index (χ2n) is 5.72. The summed E-state index contributed by atoms with van der Waals surface area (Å²) < 4.78 is 0. The zero-order valence-corrected chi connectivity index (χ0v) is 14.3. The fourth-order valence-electron chi connectivity index (χ4n) is 1.49. The third-order valence-electron chi connectivity index (χ3n) is 3.10. The lowest BCUT2D eigenvalue weighted by Crippen LogP contribution is -2.37. The molecule has 0 amide bonds. The van der Waals surface area contributed by atoms with Crippen molar-refractivity contribution in [3.8, 4) is 6.19 Å². The summed E-state index contributed by atoms with van der Waals surface area (Å²) in [6, 6.07) is 0. The number of H-pyrrole nitrogens is 1. The Morgan fingerprint density at radius 1 is 1.59 bits per heavy atom. The largest absolute Gasteiger partial charge is 0.355 e. The average Bonchev–Trinajstić information content (AvgIpc) is 2.90. The van der Waals surface area contributed by atoms with Gasteiger partial charge >= 0.3 is 0 Å². The number of guanidine groups is 1. The molecule has 22 heavy (non-hydrogen) atoms. The number of rotatable bonds is 8. The van der Waals surface area contributed by atoms with Crippen molar-refractivity contribution in [3.05, 3.63) is 17.7 Å². The van der Waals surface area contributed by atoms with E-state index < -0.39 is 0 Å². The minimum atomic E-state index is -0.0731. The van der Waals surface area contributed by atoms with E-state index in [9.17, 15) is 0 Å². The van der Waals surface area contributed by atoms with Gasteiger partial charge in [0, 0.05) is 30.3 Å². The third kappa shape index (κ3) is 6.83. The van der Waals surface area contributed by atoms with Crippen LogP contribution in [0.5, 0.6) is 0 Å². The number of nitriles is 1. The van der Waals surface area contributed by atoms with Crippen LogP contribution in [0.1, 0.15) is 25.2 Å². The van der Waals surface area contributed by atoms with Gasteiger partial charge in [-0.15, -0.1) is 0 Å². The Labute approximate surface area is 136 Å². The Morgan fingerprint density at radius 2 is 2.36 bits per heavy atom. The molecule has 0 fully saturated rings. The number of hydrogen-bond acceptors (Lipinski definition) is 5. The van der Waals surface area contributed by atoms with Gasteiger partial charge < -0.3 is 16.0 Å². The van der Waals surface area contributed by atoms with Crippen molar-refractivity contribution in [2.75, 3.05) is 25.4 Å². The van der Waals surface area contributed by atoms with Crippen molar-refractivity contribution in [2.45, 2.75) is 26.5 Å². The van der Waals surface area contributed by atoms with Crippen LogP contribution in [0.25, 0.3) is 0 Å². The highest BCUT2D eigenvalue weighted by Crippen LogP contribution is 2.13. The van der Waals surface area contributed by atoms with Crippen molar-refractivity contribution < 1.29 is 0 Å². The van der Waals surface area contributed by atoms with Crippen LogP contribution in [0, 0.1) is 23.8 Å². The molecule has 0 saturated heterocycles. The summed E-state index contributed by atoms with van der Waals surface area (Å²) in [4.78, 5) is 11.7. The fraction of sp³-hybridized carbons (Fsp3) is 0.643. The maximum absolute atomic E-state index is 8.76. The molecule has 5 N–H and O–H groups in total. The van der Waals surface area contributed by atoms with Crippen molar-refractivity contribution in [1.29, 1.82) is 5.26 Å². The third-order valence-corrected chi connectivity index (χ3v) is 4.07. The lowest BCUT2D eigenvalue weighted by molar-refractivity contribution is 0.393. The van der Waals surface area contributed by atoms with Gasteiger partial charge in [0.2, 0.25) is 5.96 Å². The van der Waals surface area contributed by atoms with Gasteiger partial charge in [0.25, 0.3) is 0 Å². The monoisotopic (exact) mass is 323 g/mol. The Morgan fingerprint density at radius 3 is 2.95 bits per heavy atom. The van der Waals surface area contributed by atoms with Crippen molar-refractivity contribution in [2.24, 2.45) is 16.1 Å². The van der Waals surface area contributed by atoms with Gasteiger partial charge in [0.05, 0.1) is 12.0 Å². The van der Waals surface area contributed by atoms with Crippen molar-refractivity contribution >= 4 is 17.7 Å². The van der Waals surface area contributed by atoms with Gasteiger partial charge in [-0.3, -0.25) is 10.3 Å². The molecule has 122 valence electrons. The van der Waals surface area contributed by atoms with Gasteiger partial charge in [0.15, 0.2) is 6.19 Å². The smallest absolute Gasteiger partial charge is 0.204 e. The van der Waals surface area contributed by atoms with Gasteiger partial charge in [-0.05, 0) is 18.9 Å². The Balaban J connectivity index is 2.31. The van der Waals surface area contributed by atoms with E-state index in [1.165, 1.54) is 0 Å². The van der Waals surface area contributed by atoms with Crippen LogP contribution >= 0.6 is 11.8 Å². The van der Waals surface area contributed by atoms with E-state index in [2.05, 4.69) is 25.6 Å². The zero-order valence-electron chi connectivity index (χ0n) is 13.4. The molecule has 1 aromatic heterocycles. The summed E-state index contributed by atoms with van der Waals surface area (Å²) in [5.41, 5.74) is 7.80. The van der Waals surface area contributed by atoms with E-state index >= 15 is 0 Å². The first-order valence-corrected chi connectivity index (χ1v) is 8.34. The van der Waals surface area contributed by atoms with Gasteiger partial charge in [-0.1, -0.05) is 13.8 Å². The van der Waals surface area contributed by atoms with Gasteiger partial charge in [-0.25, -0.2) is 4.98 Å². The fourth-order valence-corrected chi connectivity index (χ4v) is 2.37. The Bertz CT molecular complexity index is 516. The van der Waals surface area contributed by atoms with Crippen LogP contribution in [0.4, 0.5) is 0 Å². The number of thioether (sulfide) groups is 1. The predicted molar refractivity (Wildman–Crippen MR) is 91.4 cm³/mol. The summed E-state index contributed by atoms with van der Waals surface area (Å²) in [6.07, 6.45) is 3.61. The lowest BCUT2D eigenvalue weighted by atomic mass is 9.94. The number of aromatic amines is 1. The summed E-state index contributed by atoms with van der Waals surface area (Å²) in [5, 5.41) is 14.5. The summed E-state index contributed by atoms with van der Waals surface area (Å²) in [7, 11) is 0. The highest BCUT2D eigenvalue weighted by Gasteiger charge is 2.14. The normalized spacial score (nSPS) is 12.0. The van der Waals surface area contributed by atoms with E-state index in [1.54, 1.807) is 18.1 Å². The highest BCUT2D eigenvalue weighted by atomic mass is 32.2. The Kier molecular flexibility index (Phi) is 7.77. The van der Waals surface area contributed by atoms with E-state index in [4.69, 9.17) is 11.0 Å². The number of aryl methyl sites for hydroxylation is 1. The van der Waals surface area contributed by atoms with Crippen LogP contribution in [0.3, 0.4) is 0 Å². The summed E-state index contributed by atoms with van der Waals surface area (Å²) in [5.74, 6) is 2.27. The number of hydrogen-bond donors (Lipinski definition) is 4. The maximum Gasteiger partial charge on any atom is 0.204 e. The minimum absolute atomic E-state index is 0.0731. The standard InChI is InChI=1S/C14H25N7S/c1-11-12(21-10-20-11)6-22-5-4-17-13(19-9-16)18-8-14(2,3)7-15/h10H,4-8,15H2,1-3H3,(H,20,21)(H2,17,18,19). The number of imidazole rings is 1. The molecule has 1 aromatic rings. The number of aromatic nitrogens is 2. The highest BCUT2D eigenvalue weighted by molar-refractivity contribution is 7.98. The van der Waals surface area contributed by atoms with Crippen molar-refractivity contribution in [3.63, 3.8) is 0 Å². The topological polar surface area (TPSA) is 115 Å². The first-order chi connectivity index (χ1) is 10.5. The van der Waals surface area contributed by atoms with E-state index in [-0.39, 0.29) is 5.41 Å². The van der Waals surface area contributed by atoms with Crippen LogP contribution in [-0.4, -0.2) is 41.3 Å². The minimum Gasteiger partial charge on any atom is -0.355 e. The predicted octanol–water partition coefficient (Wildman–Crippen LogP) is 0.953. The second kappa shape index (κ2) is 9.33. The molecule has 0 aliphatic heterocycles. The van der Waals surface area contributed by atoms with E-state index in [0.717, 1.165) is 29.4 Å². The maximum atomic E-state index is 8.76. The van der Waals surface area contributed by atoms with Crippen LogP contribution in [0.2, 0.25) is 0 Å². The molecule has 0 atom stereocenters. The number of nitrogens with zero attached hydrogens (tertiary/aromatic N) is 3. The van der Waals surface area contributed by atoms with Crippen LogP contribution in [0.15, 0.2) is 11.3 Å². The van der Waals surface area contributed by atoms with Crippen molar-refractivity contribution in [1.82, 2.24) is 20.6 Å². The molecule has 8 heteroatoms. The molecule has 0 spiro atoms. The van der Waals surface area contributed by atoms with E-state index in [1.807, 2.05) is 27.0 Å². The second-order valence-corrected chi connectivity index (χ2v) is 6.83. The first kappa shape index (κ1) is 18.3. The zero-order chi connectivity index (χ0) is 16.4. The molecule has 0 aliphatic rings. The molecule has 0 bridgehead atoms. The summed E-state index contributed by atoms with van der Waals surface area (Å²) in [6.45, 7) is 7.95. The molecule has 0 aromatic carbocycles. The van der Waals surface area contributed by atoms with Gasteiger partial charge in [0.1, 0.15) is 0 Å². The molecular formula is C14H25N7S. The lowest BCUT2D eigenvalue weighted by Gasteiger charge is -2.20. The summed E-state index contributed by atoms with van der Waals surface area (Å²) >= 11 is 1.78. The molecule has 7 nitrogen and oxygen atoms in total. The molecule has 0 saturated carbocycles. The van der Waals surface area contributed by atoms with Crippen LogP contribution in [-0.2, 0) is 5.75 Å². The number of nitrogens with two attached hydrogens (primary N) is 1. The quantitative estimate of drug-likeness (QED) is 0.186. The number of aliphatic imine (C=N–C) groups is 1. The average molecular weight is 323 g/mol. The Hall–Kier alpha value is -1.72. The molecular weight excluding hydrogens is 298 g/mol. The molecule has 1 heterocycles. The van der Waals surface area contributed by atoms with E-state index in [0.29, 0.717) is 19.0 Å². The number of nitrogens with one attached hydrogen (secondary N) is 3. The molecule has 0 unspecified atom stereocenters. The first-order valence-electron chi connectivity index (χ1n) is 7.18.